The minimum Gasteiger partial charge on any atom is -0.461 e. The van der Waals surface area contributed by atoms with E-state index in [0.717, 1.165) is 16.8 Å². The normalized spacial score (nSPS) is 23.7. The summed E-state index contributed by atoms with van der Waals surface area (Å²) in [5.41, 5.74) is -3.89. The summed E-state index contributed by atoms with van der Waals surface area (Å²) in [6.07, 6.45) is 0.953. The van der Waals surface area contributed by atoms with Gasteiger partial charge in [-0.25, -0.2) is 9.59 Å². The fraction of sp³-hybridized carbons (Fsp3) is 0.481. The summed E-state index contributed by atoms with van der Waals surface area (Å²) < 4.78 is 23.9. The number of hydrogen-bond acceptors (Lipinski definition) is 10. The number of likely N-dealkylation sites (N-methyl/N-ethyl adjacent to an activating group) is 1. The van der Waals surface area contributed by atoms with Crippen LogP contribution in [0.4, 0.5) is 0 Å². The van der Waals surface area contributed by atoms with E-state index in [1.54, 1.807) is 51.2 Å². The van der Waals surface area contributed by atoms with Gasteiger partial charge in [-0.2, -0.15) is 0 Å². The Morgan fingerprint density at radius 1 is 1.30 bits per heavy atom. The van der Waals surface area contributed by atoms with Crippen LogP contribution in [0, 0.1) is 12.3 Å². The number of benzene rings is 1. The van der Waals surface area contributed by atoms with Crippen molar-refractivity contribution in [3.8, 4) is 18.1 Å². The van der Waals surface area contributed by atoms with E-state index in [1.165, 1.54) is 4.90 Å². The Bertz CT molecular complexity index is 1340. The number of aliphatic hydroxyl groups is 2. The maximum Gasteiger partial charge on any atom is 0.330 e. The van der Waals surface area contributed by atoms with E-state index in [0.29, 0.717) is 12.2 Å². The first-order valence-electron chi connectivity index (χ1n) is 12.6. The number of nitrogens with zero attached hydrogens (tertiary/aromatic N) is 2. The molecule has 6 atom stereocenters. The number of carbonyl (C=O) groups is 1. The largest absolute Gasteiger partial charge is 0.461 e. The van der Waals surface area contributed by atoms with Gasteiger partial charge in [-0.3, -0.25) is 14.3 Å². The zero-order valence-corrected chi connectivity index (χ0v) is 23.4. The van der Waals surface area contributed by atoms with Crippen molar-refractivity contribution in [1.29, 1.82) is 0 Å². The molecule has 1 saturated heterocycles. The van der Waals surface area contributed by atoms with Crippen LogP contribution < -0.4 is 16.0 Å². The minimum atomic E-state index is -2.34. The van der Waals surface area contributed by atoms with E-state index in [-0.39, 0.29) is 11.1 Å². The quantitative estimate of drug-likeness (QED) is 0.149. The lowest BCUT2D eigenvalue weighted by molar-refractivity contribution is -0.152. The Kier molecular flexibility index (Phi) is 10.2. The highest BCUT2D eigenvalue weighted by Crippen LogP contribution is 2.37. The molecule has 12 nitrogen and oxygen atoms in total. The zero-order valence-electron chi connectivity index (χ0n) is 22.6. The van der Waals surface area contributed by atoms with Gasteiger partial charge < -0.3 is 34.1 Å². The van der Waals surface area contributed by atoms with Crippen molar-refractivity contribution in [2.24, 2.45) is 0 Å². The standard InChI is InChI=1S/C27H33N3O9S/c1-6-18(23(33)37-16(3)4)29(5)22(40)24(38-17-11-9-8-10-12-17)36-15-19-21(32)27(35,7-2)25(39-19)30-14-13-20(31)28-26(30)34/h2,8-14,16,18-19,21,24-25,32,35H,6,15H2,1,3-5H3,(H,28,31,34). The third-order valence-corrected chi connectivity index (χ3v) is 6.72. The van der Waals surface area contributed by atoms with Gasteiger partial charge in [0.2, 0.25) is 0 Å². The number of hydrogen-bond donors (Lipinski definition) is 3. The van der Waals surface area contributed by atoms with E-state index in [2.05, 4.69) is 5.92 Å². The molecule has 2 aromatic rings. The molecule has 216 valence electrons. The number of esters is 1. The summed E-state index contributed by atoms with van der Waals surface area (Å²) >= 11 is 5.64. The van der Waals surface area contributed by atoms with E-state index < -0.39 is 60.2 Å². The fourth-order valence-electron chi connectivity index (χ4n) is 4.14. The van der Waals surface area contributed by atoms with Gasteiger partial charge in [0.1, 0.15) is 29.0 Å². The lowest BCUT2D eigenvalue weighted by atomic mass is 9.95. The minimum absolute atomic E-state index is 0.101. The van der Waals surface area contributed by atoms with E-state index in [1.807, 2.05) is 11.9 Å². The number of rotatable bonds is 11. The number of aromatic amines is 1. The second kappa shape index (κ2) is 13.2. The number of H-pyrrole nitrogens is 1. The number of terminal acetylenes is 1. The summed E-state index contributed by atoms with van der Waals surface area (Å²) in [6, 6.07) is 8.97. The fourth-order valence-corrected chi connectivity index (χ4v) is 4.38. The molecular weight excluding hydrogens is 542 g/mol. The summed E-state index contributed by atoms with van der Waals surface area (Å²) in [6.45, 7) is 4.90. The van der Waals surface area contributed by atoms with Gasteiger partial charge in [-0.15, -0.1) is 6.42 Å². The zero-order chi connectivity index (χ0) is 29.6. The Morgan fingerprint density at radius 2 is 1.98 bits per heavy atom. The number of nitrogens with one attached hydrogen (secondary N) is 1. The van der Waals surface area contributed by atoms with Gasteiger partial charge in [0, 0.05) is 19.3 Å². The second-order valence-corrected chi connectivity index (χ2v) is 9.83. The monoisotopic (exact) mass is 575 g/mol. The number of thiocarbonyl (C=S) groups is 1. The number of aromatic nitrogens is 2. The molecule has 1 aromatic heterocycles. The van der Waals surface area contributed by atoms with Gasteiger partial charge in [-0.1, -0.05) is 43.3 Å². The number of ether oxygens (including phenoxy) is 4. The van der Waals surface area contributed by atoms with Crippen molar-refractivity contribution >= 4 is 23.2 Å². The summed E-state index contributed by atoms with van der Waals surface area (Å²) in [5, 5.41) is 21.9. The molecule has 6 unspecified atom stereocenters. The number of carbonyl (C=O) groups excluding carboxylic acids is 1. The van der Waals surface area contributed by atoms with Crippen molar-refractivity contribution in [2.45, 2.75) is 69.7 Å². The van der Waals surface area contributed by atoms with Crippen LogP contribution in [-0.4, -0.2) is 85.5 Å². The first kappa shape index (κ1) is 31.0. The van der Waals surface area contributed by atoms with Crippen LogP contribution in [0.3, 0.4) is 0 Å². The maximum atomic E-state index is 12.7. The molecule has 13 heteroatoms. The lowest BCUT2D eigenvalue weighted by Crippen LogP contribution is -2.50. The van der Waals surface area contributed by atoms with Gasteiger partial charge >= 0.3 is 11.7 Å². The van der Waals surface area contributed by atoms with Crippen molar-refractivity contribution in [3.05, 3.63) is 63.4 Å². The lowest BCUT2D eigenvalue weighted by Gasteiger charge is -2.32. The van der Waals surface area contributed by atoms with E-state index >= 15 is 0 Å². The van der Waals surface area contributed by atoms with Crippen LogP contribution in [-0.2, 0) is 19.0 Å². The average Bonchev–Trinajstić information content (AvgIpc) is 3.16. The third kappa shape index (κ3) is 6.78. The summed E-state index contributed by atoms with van der Waals surface area (Å²) in [4.78, 5) is 40.2. The molecule has 1 aromatic carbocycles. The molecule has 0 amide bonds. The molecular formula is C27H33N3O9S. The molecule has 1 aliphatic rings. The molecule has 1 fully saturated rings. The Balaban J connectivity index is 1.85. The molecule has 3 rings (SSSR count). The van der Waals surface area contributed by atoms with Crippen LogP contribution in [0.1, 0.15) is 33.4 Å². The van der Waals surface area contributed by atoms with E-state index in [9.17, 15) is 24.6 Å². The van der Waals surface area contributed by atoms with Crippen molar-refractivity contribution in [1.82, 2.24) is 14.5 Å². The van der Waals surface area contributed by atoms with Crippen LogP contribution >= 0.6 is 12.2 Å². The van der Waals surface area contributed by atoms with Gasteiger partial charge in [0.15, 0.2) is 11.8 Å². The molecule has 0 aliphatic carbocycles. The molecule has 0 spiro atoms. The second-order valence-electron chi connectivity index (χ2n) is 9.41. The molecule has 3 N–H and O–H groups in total. The van der Waals surface area contributed by atoms with Crippen molar-refractivity contribution in [2.75, 3.05) is 13.7 Å². The number of para-hydroxylation sites is 1. The first-order valence-corrected chi connectivity index (χ1v) is 13.0. The predicted octanol–water partition coefficient (Wildman–Crippen LogP) is 0.570. The molecule has 0 radical (unpaired) electrons. The molecule has 40 heavy (non-hydrogen) atoms. The van der Waals surface area contributed by atoms with Crippen molar-refractivity contribution in [3.63, 3.8) is 0 Å². The molecule has 0 saturated carbocycles. The Morgan fingerprint density at radius 3 is 2.55 bits per heavy atom. The van der Waals surface area contributed by atoms with Gasteiger partial charge in [0.25, 0.3) is 11.8 Å². The highest BCUT2D eigenvalue weighted by Gasteiger charge is 2.56. The van der Waals surface area contributed by atoms with Crippen LogP contribution in [0.5, 0.6) is 5.75 Å². The average molecular weight is 576 g/mol. The number of aliphatic hydroxyl groups excluding tert-OH is 1. The van der Waals surface area contributed by atoms with E-state index in [4.69, 9.17) is 37.6 Å². The highest BCUT2D eigenvalue weighted by molar-refractivity contribution is 7.80. The van der Waals surface area contributed by atoms with Crippen LogP contribution in [0.2, 0.25) is 0 Å². The van der Waals surface area contributed by atoms with Crippen LogP contribution in [0.15, 0.2) is 52.2 Å². The molecule has 2 heterocycles. The topological polar surface area (TPSA) is 153 Å². The Hall–Kier alpha value is -3.54. The van der Waals surface area contributed by atoms with Crippen molar-refractivity contribution < 1.29 is 34.0 Å². The first-order chi connectivity index (χ1) is 18.9. The van der Waals surface area contributed by atoms with Crippen LogP contribution in [0.25, 0.3) is 0 Å². The van der Waals surface area contributed by atoms with Gasteiger partial charge in [0.05, 0.1) is 12.7 Å². The maximum absolute atomic E-state index is 12.7. The predicted molar refractivity (Wildman–Crippen MR) is 148 cm³/mol. The highest BCUT2D eigenvalue weighted by atomic mass is 32.1. The third-order valence-electron chi connectivity index (χ3n) is 6.24. The molecule has 1 aliphatic heterocycles. The SMILES string of the molecule is C#CC1(O)C(O)C(COC(Oc2ccccc2)C(=S)N(C)C(CC)C(=O)OC(C)C)OC1n1ccc(=O)[nH]c1=O. The smallest absolute Gasteiger partial charge is 0.330 e. The van der Waals surface area contributed by atoms with Gasteiger partial charge in [-0.05, 0) is 32.4 Å². The summed E-state index contributed by atoms with van der Waals surface area (Å²) in [5.74, 6) is 2.03. The summed E-state index contributed by atoms with van der Waals surface area (Å²) in [7, 11) is 1.61. The molecule has 0 bridgehead atoms. The Labute approximate surface area is 236 Å².